The summed E-state index contributed by atoms with van der Waals surface area (Å²) in [5.41, 5.74) is 0. The predicted octanol–water partition coefficient (Wildman–Crippen LogP) is 2.35. The Morgan fingerprint density at radius 2 is 1.42 bits per heavy atom. The molecule has 0 aliphatic heterocycles. The summed E-state index contributed by atoms with van der Waals surface area (Å²) in [6.45, 7) is 0. The van der Waals surface area contributed by atoms with Gasteiger partial charge in [0.15, 0.2) is 5.78 Å². The predicted molar refractivity (Wildman–Crippen MR) is 92.8 cm³/mol. The lowest BCUT2D eigenvalue weighted by Crippen LogP contribution is -2.38. The third-order valence-electron chi connectivity index (χ3n) is 3.64. The van der Waals surface area contributed by atoms with E-state index in [2.05, 4.69) is 37.2 Å². The number of hydrogen-bond acceptors (Lipinski definition) is 4. The van der Waals surface area contributed by atoms with Crippen LogP contribution in [0.5, 0.6) is 0 Å². The Kier molecular flexibility index (Phi) is 8.34. The number of carbonyl (C=O) groups is 4. The van der Waals surface area contributed by atoms with Gasteiger partial charge in [-0.15, -0.1) is 0 Å². The highest BCUT2D eigenvalue weighted by Gasteiger charge is 2.25. The summed E-state index contributed by atoms with van der Waals surface area (Å²) in [4.78, 5) is 44.7. The molecule has 3 N–H and O–H groups in total. The summed E-state index contributed by atoms with van der Waals surface area (Å²) in [5.74, 6) is -2.99. The van der Waals surface area contributed by atoms with E-state index in [1.165, 1.54) is 0 Å². The topological polar surface area (TPSA) is 121 Å². The van der Waals surface area contributed by atoms with E-state index in [4.69, 9.17) is 10.2 Å². The van der Waals surface area contributed by atoms with Gasteiger partial charge in [-0.3, -0.25) is 9.59 Å². The van der Waals surface area contributed by atoms with Crippen LogP contribution >= 0.6 is 31.9 Å². The van der Waals surface area contributed by atoms with Crippen molar-refractivity contribution in [2.75, 3.05) is 0 Å². The van der Waals surface area contributed by atoms with Crippen molar-refractivity contribution < 1.29 is 29.4 Å². The third-order valence-corrected chi connectivity index (χ3v) is 4.90. The quantitative estimate of drug-likeness (QED) is 0.495. The number of allylic oxidation sites excluding steroid dienone is 1. The van der Waals surface area contributed by atoms with Crippen molar-refractivity contribution >= 4 is 55.5 Å². The molecule has 24 heavy (non-hydrogen) atoms. The standard InChI is InChI=1S/C15H17Br2NO6/c16-10(6-13(20)21)12(19)5-8-1-3-9(4-2-8)18-15(24)11(17)7-14(22)23/h6-9H,1-5H2,(H,18,24)(H,20,21)(H,22,23)/b10-6+,11-7+. The molecule has 0 bridgehead atoms. The highest BCUT2D eigenvalue weighted by atomic mass is 79.9. The number of carboxylic acid groups (broad SMARTS) is 2. The average Bonchev–Trinajstić information content (AvgIpc) is 2.47. The Hall–Kier alpha value is -1.48. The summed E-state index contributed by atoms with van der Waals surface area (Å²) in [7, 11) is 0. The average molecular weight is 467 g/mol. The van der Waals surface area contributed by atoms with Crippen LogP contribution in [-0.4, -0.2) is 39.9 Å². The molecule has 0 saturated heterocycles. The molecule has 1 saturated carbocycles. The van der Waals surface area contributed by atoms with Crippen LogP contribution in [0.15, 0.2) is 21.1 Å². The maximum atomic E-state index is 11.9. The van der Waals surface area contributed by atoms with Crippen molar-refractivity contribution in [3.63, 3.8) is 0 Å². The molecule has 0 aromatic heterocycles. The minimum Gasteiger partial charge on any atom is -0.478 e. The Labute approximate surface area is 155 Å². The van der Waals surface area contributed by atoms with E-state index in [-0.39, 0.29) is 33.1 Å². The molecule has 0 atom stereocenters. The Morgan fingerprint density at radius 3 is 1.92 bits per heavy atom. The molecule has 1 aliphatic carbocycles. The molecular weight excluding hydrogens is 450 g/mol. The van der Waals surface area contributed by atoms with E-state index in [9.17, 15) is 19.2 Å². The molecule has 7 nitrogen and oxygen atoms in total. The molecule has 132 valence electrons. The van der Waals surface area contributed by atoms with Crippen molar-refractivity contribution in [3.05, 3.63) is 21.1 Å². The van der Waals surface area contributed by atoms with Gasteiger partial charge in [0.2, 0.25) is 0 Å². The molecule has 0 aromatic rings. The van der Waals surface area contributed by atoms with Crippen LogP contribution in [0.3, 0.4) is 0 Å². The minimum absolute atomic E-state index is 0.0463. The smallest absolute Gasteiger partial charge is 0.329 e. The number of ketones is 1. The first-order valence-electron chi connectivity index (χ1n) is 7.23. The number of nitrogens with one attached hydrogen (secondary N) is 1. The number of hydrogen-bond donors (Lipinski definition) is 3. The van der Waals surface area contributed by atoms with Crippen molar-refractivity contribution in [1.29, 1.82) is 0 Å². The van der Waals surface area contributed by atoms with Crippen molar-refractivity contribution in [3.8, 4) is 0 Å². The Balaban J connectivity index is 2.44. The highest BCUT2D eigenvalue weighted by molar-refractivity contribution is 9.12. The van der Waals surface area contributed by atoms with E-state index in [0.29, 0.717) is 12.8 Å². The maximum absolute atomic E-state index is 11.9. The number of rotatable bonds is 7. The summed E-state index contributed by atoms with van der Waals surface area (Å²) in [6.07, 6.45) is 4.68. The maximum Gasteiger partial charge on any atom is 0.329 e. The molecule has 9 heteroatoms. The number of carbonyl (C=O) groups excluding carboxylic acids is 2. The molecule has 0 unspecified atom stereocenters. The lowest BCUT2D eigenvalue weighted by molar-refractivity contribution is -0.132. The van der Waals surface area contributed by atoms with Crippen LogP contribution < -0.4 is 5.32 Å². The van der Waals surface area contributed by atoms with Gasteiger partial charge < -0.3 is 15.5 Å². The molecule has 0 aromatic carbocycles. The highest BCUT2D eigenvalue weighted by Crippen LogP contribution is 2.29. The van der Waals surface area contributed by atoms with Crippen LogP contribution in [0.2, 0.25) is 0 Å². The van der Waals surface area contributed by atoms with Crippen LogP contribution in [0, 0.1) is 5.92 Å². The number of aliphatic carboxylic acids is 2. The van der Waals surface area contributed by atoms with E-state index >= 15 is 0 Å². The van der Waals surface area contributed by atoms with Gasteiger partial charge >= 0.3 is 11.9 Å². The fourth-order valence-corrected chi connectivity index (χ4v) is 3.16. The Bertz CT molecular complexity index is 539. The van der Waals surface area contributed by atoms with Gasteiger partial charge in [0.1, 0.15) is 0 Å². The lowest BCUT2D eigenvalue weighted by Gasteiger charge is -2.28. The first-order chi connectivity index (χ1) is 11.2. The van der Waals surface area contributed by atoms with Crippen LogP contribution in [0.1, 0.15) is 32.1 Å². The molecule has 0 spiro atoms. The third kappa shape index (κ3) is 7.39. The van der Waals surface area contributed by atoms with Crippen molar-refractivity contribution in [2.24, 2.45) is 5.92 Å². The lowest BCUT2D eigenvalue weighted by atomic mass is 9.83. The van der Waals surface area contributed by atoms with Gasteiger partial charge in [0, 0.05) is 24.6 Å². The van der Waals surface area contributed by atoms with E-state index in [1.807, 2.05) is 0 Å². The molecule has 1 fully saturated rings. The van der Waals surface area contributed by atoms with E-state index in [0.717, 1.165) is 25.0 Å². The monoisotopic (exact) mass is 465 g/mol. The summed E-state index contributed by atoms with van der Waals surface area (Å²) in [5, 5.41) is 20.0. The largest absolute Gasteiger partial charge is 0.478 e. The zero-order chi connectivity index (χ0) is 18.3. The molecule has 1 aliphatic rings. The van der Waals surface area contributed by atoms with Crippen LogP contribution in [-0.2, 0) is 19.2 Å². The minimum atomic E-state index is -1.21. The molecule has 0 radical (unpaired) electrons. The summed E-state index contributed by atoms with van der Waals surface area (Å²) in [6, 6.07) is -0.0726. The second-order valence-corrected chi connectivity index (χ2v) is 7.19. The number of halogens is 2. The van der Waals surface area contributed by atoms with Crippen LogP contribution in [0.25, 0.3) is 0 Å². The normalized spacial score (nSPS) is 21.9. The SMILES string of the molecule is O=C(O)/C=C(/Br)C(=O)CC1CCC(NC(=O)/C(Br)=C\C(=O)O)CC1. The second-order valence-electron chi connectivity index (χ2n) is 5.48. The molecule has 0 heterocycles. The van der Waals surface area contributed by atoms with Gasteiger partial charge in [-0.05, 0) is 63.5 Å². The Morgan fingerprint density at radius 1 is 0.917 bits per heavy atom. The van der Waals surface area contributed by atoms with Crippen molar-refractivity contribution in [2.45, 2.75) is 38.1 Å². The zero-order valence-corrected chi connectivity index (χ0v) is 15.8. The van der Waals surface area contributed by atoms with Gasteiger partial charge in [0.05, 0.1) is 8.96 Å². The van der Waals surface area contributed by atoms with Crippen molar-refractivity contribution in [1.82, 2.24) is 5.32 Å². The first kappa shape index (κ1) is 20.6. The van der Waals surface area contributed by atoms with Gasteiger partial charge in [-0.2, -0.15) is 0 Å². The van der Waals surface area contributed by atoms with E-state index in [1.54, 1.807) is 0 Å². The van der Waals surface area contributed by atoms with E-state index < -0.39 is 17.8 Å². The first-order valence-corrected chi connectivity index (χ1v) is 8.82. The fraction of sp³-hybridized carbons (Fsp3) is 0.467. The molecular formula is C15H17Br2NO6. The van der Waals surface area contributed by atoms with Gasteiger partial charge in [-0.1, -0.05) is 0 Å². The molecule has 1 rings (SSSR count). The fourth-order valence-electron chi connectivity index (χ4n) is 2.49. The number of Topliss-reactive ketones (excluding diaryl/α,β-unsaturated/α-hetero) is 1. The second kappa shape index (κ2) is 9.73. The van der Waals surface area contributed by atoms with Gasteiger partial charge in [0.25, 0.3) is 5.91 Å². The van der Waals surface area contributed by atoms with Crippen LogP contribution in [0.4, 0.5) is 0 Å². The summed E-state index contributed by atoms with van der Waals surface area (Å²) < 4.78 is 0.00297. The zero-order valence-electron chi connectivity index (χ0n) is 12.6. The summed E-state index contributed by atoms with van der Waals surface area (Å²) >= 11 is 5.88. The number of amides is 1. The van der Waals surface area contributed by atoms with Gasteiger partial charge in [-0.25, -0.2) is 9.59 Å². The number of carboxylic acids is 2. The molecule has 1 amide bonds.